The molecule has 1 aromatic rings. The number of nitrogens with zero attached hydrogens (tertiary/aromatic N) is 2. The minimum absolute atomic E-state index is 0.0331. The smallest absolute Gasteiger partial charge is 0.389 e. The number of Topliss-reactive ketones (excluding diaryl/α,β-unsaturated/α-hetero) is 1. The van der Waals surface area contributed by atoms with Crippen LogP contribution in [0.1, 0.15) is 27.1 Å². The van der Waals surface area contributed by atoms with E-state index in [4.69, 9.17) is 14.8 Å². The summed E-state index contributed by atoms with van der Waals surface area (Å²) < 4.78 is 11.6. The van der Waals surface area contributed by atoms with Gasteiger partial charge in [0, 0.05) is 5.56 Å². The fraction of sp³-hybridized carbons (Fsp3) is 0.353. The number of carbonyl (C=O) groups is 4. The first-order chi connectivity index (χ1) is 13.8. The van der Waals surface area contributed by atoms with Crippen LogP contribution in [-0.4, -0.2) is 74.4 Å². The van der Waals surface area contributed by atoms with Gasteiger partial charge in [0.1, 0.15) is 18.4 Å². The Balaban J connectivity index is 1.85. The molecule has 12 heteroatoms. The fourth-order valence-corrected chi connectivity index (χ4v) is 4.02. The number of aliphatic hydroxyl groups is 1. The average molecular weight is 422 g/mol. The normalized spacial score (nSPS) is 30.2. The Morgan fingerprint density at radius 3 is 2.62 bits per heavy atom. The van der Waals surface area contributed by atoms with E-state index in [9.17, 15) is 29.2 Å². The lowest BCUT2D eigenvalue weighted by Gasteiger charge is -2.21. The maximum absolute atomic E-state index is 13.3. The van der Waals surface area contributed by atoms with Gasteiger partial charge >= 0.3 is 17.8 Å². The molecule has 1 unspecified atom stereocenters. The predicted molar refractivity (Wildman–Crippen MR) is 95.7 cm³/mol. The first-order valence-electron chi connectivity index (χ1n) is 8.67. The zero-order chi connectivity index (χ0) is 20.9. The Bertz CT molecular complexity index is 948. The highest BCUT2D eigenvalue weighted by atomic mass is 31.2. The number of carbonyl (C=O) groups excluding carboxylic acids is 4. The van der Waals surface area contributed by atoms with Gasteiger partial charge < -0.3 is 19.3 Å². The second kappa shape index (κ2) is 7.45. The highest BCUT2D eigenvalue weighted by Gasteiger charge is 2.58. The molecule has 3 heterocycles. The lowest BCUT2D eigenvalue weighted by molar-refractivity contribution is -0.534. The second-order valence-corrected chi connectivity index (χ2v) is 7.56. The second-order valence-electron chi connectivity index (χ2n) is 6.70. The lowest BCUT2D eigenvalue weighted by Crippen LogP contribution is -2.53. The molecule has 2 bridgehead atoms. The monoisotopic (exact) mass is 422 g/mol. The van der Waals surface area contributed by atoms with Crippen molar-refractivity contribution in [1.29, 1.82) is 0 Å². The van der Waals surface area contributed by atoms with Crippen molar-refractivity contribution in [3.8, 4) is 0 Å². The van der Waals surface area contributed by atoms with Gasteiger partial charge in [0.2, 0.25) is 14.8 Å². The molecule has 0 aromatic heterocycles. The molecule has 0 aliphatic carbocycles. The molecule has 0 radical (unpaired) electrons. The van der Waals surface area contributed by atoms with Gasteiger partial charge in [-0.3, -0.25) is 10.3 Å². The number of aliphatic hydroxyl groups excluding tert-OH is 1. The van der Waals surface area contributed by atoms with Crippen LogP contribution in [0, 0.1) is 5.92 Å². The van der Waals surface area contributed by atoms with Crippen molar-refractivity contribution < 1.29 is 43.0 Å². The van der Waals surface area contributed by atoms with Crippen molar-refractivity contribution in [2.75, 3.05) is 6.61 Å². The number of ether oxygens (including phenoxy) is 1. The number of fused-ring (bicyclic) bond motifs is 5. The molecule has 11 nitrogen and oxygen atoms in total. The van der Waals surface area contributed by atoms with Gasteiger partial charge in [-0.05, 0) is 6.07 Å². The molecule has 4 amide bonds. The van der Waals surface area contributed by atoms with Crippen molar-refractivity contribution in [2.24, 2.45) is 11.4 Å². The summed E-state index contributed by atoms with van der Waals surface area (Å²) in [6.45, 7) is -0.314. The quantitative estimate of drug-likeness (QED) is 0.327. The van der Waals surface area contributed by atoms with Crippen molar-refractivity contribution in [3.05, 3.63) is 35.4 Å². The predicted octanol–water partition coefficient (Wildman–Crippen LogP) is -0.645. The SMILES string of the molecule is NP(O)OC[C@H]1O[C@@H]2[C@H](C(=O)c3ccccc3C(=O)N3C(=O)CC=[N+]2C3=O)[C@@H]1O. The van der Waals surface area contributed by atoms with Gasteiger partial charge in [-0.1, -0.05) is 23.1 Å². The summed E-state index contributed by atoms with van der Waals surface area (Å²) in [5, 5.41) is 10.7. The van der Waals surface area contributed by atoms with Crippen LogP contribution >= 0.6 is 8.53 Å². The first-order valence-corrected chi connectivity index (χ1v) is 9.95. The van der Waals surface area contributed by atoms with E-state index in [0.29, 0.717) is 4.90 Å². The molecule has 5 atom stereocenters. The summed E-state index contributed by atoms with van der Waals surface area (Å²) in [6.07, 6.45) is -2.77. The van der Waals surface area contributed by atoms with Crippen LogP contribution in [0.15, 0.2) is 24.3 Å². The number of ketones is 1. The van der Waals surface area contributed by atoms with Gasteiger partial charge in [0.15, 0.2) is 5.78 Å². The number of urea groups is 1. The van der Waals surface area contributed by atoms with Crippen LogP contribution in [-0.2, 0) is 14.1 Å². The summed E-state index contributed by atoms with van der Waals surface area (Å²) >= 11 is 0. The van der Waals surface area contributed by atoms with E-state index >= 15 is 0 Å². The Labute approximate surface area is 165 Å². The average Bonchev–Trinajstić information content (AvgIpc) is 3.01. The third kappa shape index (κ3) is 3.21. The van der Waals surface area contributed by atoms with E-state index in [1.807, 2.05) is 0 Å². The lowest BCUT2D eigenvalue weighted by atomic mass is 9.88. The summed E-state index contributed by atoms with van der Waals surface area (Å²) in [4.78, 5) is 61.0. The maximum Gasteiger partial charge on any atom is 0.510 e. The number of benzene rings is 1. The van der Waals surface area contributed by atoms with E-state index in [0.717, 1.165) is 4.58 Å². The molecule has 4 N–H and O–H groups in total. The number of hydrogen-bond donors (Lipinski definition) is 3. The number of nitrogens with two attached hydrogens (primary N) is 1. The van der Waals surface area contributed by atoms with Crippen LogP contribution in [0.3, 0.4) is 0 Å². The van der Waals surface area contributed by atoms with E-state index in [2.05, 4.69) is 0 Å². The van der Waals surface area contributed by atoms with Crippen molar-refractivity contribution in [3.63, 3.8) is 0 Å². The number of imide groups is 3. The molecule has 3 aliphatic heterocycles. The fourth-order valence-electron chi connectivity index (χ4n) is 3.72. The van der Waals surface area contributed by atoms with Crippen molar-refractivity contribution in [1.82, 2.24) is 4.90 Å². The van der Waals surface area contributed by atoms with E-state index in [1.54, 1.807) is 0 Å². The van der Waals surface area contributed by atoms with Gasteiger partial charge in [0.25, 0.3) is 0 Å². The van der Waals surface area contributed by atoms with E-state index in [-0.39, 0.29) is 24.2 Å². The maximum atomic E-state index is 13.3. The molecule has 0 spiro atoms. The molecular formula is C17H17N3O8P+. The van der Waals surface area contributed by atoms with Crippen LogP contribution in [0.25, 0.3) is 0 Å². The Hall–Kier alpha value is -2.40. The van der Waals surface area contributed by atoms with Gasteiger partial charge in [-0.15, -0.1) is 0 Å². The molecule has 1 aromatic carbocycles. The molecule has 1 saturated heterocycles. The summed E-state index contributed by atoms with van der Waals surface area (Å²) in [5.74, 6) is -3.50. The van der Waals surface area contributed by atoms with Gasteiger partial charge in [0.05, 0.1) is 24.5 Å². The van der Waals surface area contributed by atoms with Crippen LogP contribution in [0.5, 0.6) is 0 Å². The number of amides is 4. The van der Waals surface area contributed by atoms with E-state index < -0.39 is 56.5 Å². The Morgan fingerprint density at radius 2 is 1.93 bits per heavy atom. The Morgan fingerprint density at radius 1 is 1.24 bits per heavy atom. The third-order valence-electron chi connectivity index (χ3n) is 5.07. The topological polar surface area (TPSA) is 159 Å². The summed E-state index contributed by atoms with van der Waals surface area (Å²) in [7, 11) is -2.22. The zero-order valence-corrected chi connectivity index (χ0v) is 15.8. The van der Waals surface area contributed by atoms with E-state index in [1.165, 1.54) is 30.5 Å². The molecule has 4 rings (SSSR count). The van der Waals surface area contributed by atoms with Crippen molar-refractivity contribution in [2.45, 2.75) is 24.9 Å². The first kappa shape index (κ1) is 19.9. The minimum atomic E-state index is -2.22. The standard InChI is InChI=1S/C17H17N3O8P/c18-29(26)27-7-10-14(23)12-13(22)8-3-1-2-4-9(8)15(24)20-11(21)5-6-19(17(20)25)16(12)28-10/h1-4,6,10,12,14,16,23,26H,5,7,18H2/q+1/t10-,12-,14-,16-,29?/m1/s1. The molecular weight excluding hydrogens is 405 g/mol. The molecule has 29 heavy (non-hydrogen) atoms. The highest BCUT2D eigenvalue weighted by Crippen LogP contribution is 2.35. The molecule has 1 fully saturated rings. The van der Waals surface area contributed by atoms with Gasteiger partial charge in [-0.2, -0.15) is 9.37 Å². The minimum Gasteiger partial charge on any atom is -0.389 e. The van der Waals surface area contributed by atoms with Crippen LogP contribution in [0.2, 0.25) is 0 Å². The highest BCUT2D eigenvalue weighted by molar-refractivity contribution is 7.43. The molecule has 3 aliphatic rings. The van der Waals surface area contributed by atoms with Gasteiger partial charge in [-0.25, -0.2) is 9.59 Å². The number of hydrogen-bond acceptors (Lipinski definition) is 9. The summed E-state index contributed by atoms with van der Waals surface area (Å²) in [5.41, 5.74) is 5.05. The largest absolute Gasteiger partial charge is 0.510 e. The van der Waals surface area contributed by atoms with Crippen molar-refractivity contribution >= 4 is 38.4 Å². The third-order valence-corrected chi connectivity index (χ3v) is 5.48. The molecule has 152 valence electrons. The van der Waals surface area contributed by atoms with Crippen LogP contribution < -0.4 is 5.50 Å². The Kier molecular flexibility index (Phi) is 5.11. The molecule has 0 saturated carbocycles. The zero-order valence-electron chi connectivity index (χ0n) is 14.9. The summed E-state index contributed by atoms with van der Waals surface area (Å²) in [6, 6.07) is 4.80. The van der Waals surface area contributed by atoms with Crippen LogP contribution in [0.4, 0.5) is 4.79 Å². The number of rotatable bonds is 3.